The normalized spacial score (nSPS) is 13.8. The molecule has 1 aromatic heterocycles. The Labute approximate surface area is 126 Å². The fourth-order valence-electron chi connectivity index (χ4n) is 2.36. The molecule has 0 saturated heterocycles. The molecule has 21 heavy (non-hydrogen) atoms. The Bertz CT molecular complexity index is 786. The van der Waals surface area contributed by atoms with Crippen LogP contribution in [-0.4, -0.2) is 21.5 Å². The Morgan fingerprint density at radius 2 is 2.29 bits per heavy atom. The van der Waals surface area contributed by atoms with Gasteiger partial charge < -0.3 is 9.72 Å². The molecule has 1 aliphatic rings. The van der Waals surface area contributed by atoms with Crippen LogP contribution in [0.5, 0.6) is 0 Å². The molecule has 0 amide bonds. The number of ether oxygens (including phenoxy) is 1. The van der Waals surface area contributed by atoms with Crippen molar-refractivity contribution in [1.82, 2.24) is 9.97 Å². The first-order chi connectivity index (χ1) is 10.1. The van der Waals surface area contributed by atoms with Gasteiger partial charge in [-0.2, -0.15) is 0 Å². The average Bonchev–Trinajstić information content (AvgIpc) is 2.47. The van der Waals surface area contributed by atoms with Crippen LogP contribution < -0.4 is 0 Å². The number of nitro groups is 1. The van der Waals surface area contributed by atoms with Crippen molar-refractivity contribution in [2.24, 2.45) is 0 Å². The Morgan fingerprint density at radius 3 is 3.05 bits per heavy atom. The van der Waals surface area contributed by atoms with Gasteiger partial charge in [-0.3, -0.25) is 10.1 Å². The number of nitro benzene ring substituents is 1. The third kappa shape index (κ3) is 2.57. The van der Waals surface area contributed by atoms with Gasteiger partial charge in [-0.1, -0.05) is 18.3 Å². The number of aromatic nitrogens is 2. The molecule has 6 nitrogen and oxygen atoms in total. The summed E-state index contributed by atoms with van der Waals surface area (Å²) in [7, 11) is 0. The maximum Gasteiger partial charge on any atom is 0.270 e. The molecule has 0 atom stereocenters. The van der Waals surface area contributed by atoms with E-state index in [1.54, 1.807) is 6.07 Å². The van der Waals surface area contributed by atoms with Crippen LogP contribution in [0.25, 0.3) is 11.4 Å². The molecule has 108 valence electrons. The van der Waals surface area contributed by atoms with Gasteiger partial charge in [0.1, 0.15) is 10.5 Å². The van der Waals surface area contributed by atoms with E-state index in [0.717, 1.165) is 23.2 Å². The highest BCUT2D eigenvalue weighted by atomic mass is 32.1. The SMILES string of the molecule is Cc1ccc([N+](=O)[O-])cc1-c1nc(=S)c2c([nH]1)CCOC2. The number of nitrogens with zero attached hydrogens (tertiary/aromatic N) is 2. The first-order valence-electron chi connectivity index (χ1n) is 6.51. The van der Waals surface area contributed by atoms with E-state index in [4.69, 9.17) is 17.0 Å². The molecule has 1 aliphatic heterocycles. The lowest BCUT2D eigenvalue weighted by atomic mass is 10.1. The number of hydrogen-bond acceptors (Lipinski definition) is 5. The zero-order chi connectivity index (χ0) is 15.0. The third-order valence-electron chi connectivity index (χ3n) is 3.53. The summed E-state index contributed by atoms with van der Waals surface area (Å²) >= 11 is 5.31. The first-order valence-corrected chi connectivity index (χ1v) is 6.92. The van der Waals surface area contributed by atoms with Crippen LogP contribution in [0.3, 0.4) is 0 Å². The summed E-state index contributed by atoms with van der Waals surface area (Å²) in [6, 6.07) is 4.73. The summed E-state index contributed by atoms with van der Waals surface area (Å²) in [5.74, 6) is 0.571. The monoisotopic (exact) mass is 303 g/mol. The Hall–Kier alpha value is -2.12. The lowest BCUT2D eigenvalue weighted by molar-refractivity contribution is -0.384. The summed E-state index contributed by atoms with van der Waals surface area (Å²) in [6.07, 6.45) is 0.739. The molecule has 1 aromatic carbocycles. The van der Waals surface area contributed by atoms with E-state index in [1.165, 1.54) is 12.1 Å². The molecule has 2 heterocycles. The quantitative estimate of drug-likeness (QED) is 0.524. The number of rotatable bonds is 2. The second-order valence-electron chi connectivity index (χ2n) is 4.91. The van der Waals surface area contributed by atoms with Gasteiger partial charge in [0.25, 0.3) is 5.69 Å². The number of H-pyrrole nitrogens is 1. The summed E-state index contributed by atoms with van der Waals surface area (Å²) in [5.41, 5.74) is 3.55. The summed E-state index contributed by atoms with van der Waals surface area (Å²) in [4.78, 5) is 18.1. The highest BCUT2D eigenvalue weighted by molar-refractivity contribution is 7.71. The van der Waals surface area contributed by atoms with Gasteiger partial charge in [-0.15, -0.1) is 0 Å². The van der Waals surface area contributed by atoms with E-state index in [2.05, 4.69) is 9.97 Å². The molecular formula is C14H13N3O3S. The van der Waals surface area contributed by atoms with Crippen LogP contribution in [0, 0.1) is 21.7 Å². The summed E-state index contributed by atoms with van der Waals surface area (Å²) in [5, 5.41) is 10.9. The number of nitrogens with one attached hydrogen (secondary N) is 1. The van der Waals surface area contributed by atoms with Crippen LogP contribution in [0.2, 0.25) is 0 Å². The van der Waals surface area contributed by atoms with Gasteiger partial charge in [0, 0.05) is 35.4 Å². The highest BCUT2D eigenvalue weighted by Gasteiger charge is 2.17. The van der Waals surface area contributed by atoms with Crippen molar-refractivity contribution in [3.63, 3.8) is 0 Å². The molecule has 1 N–H and O–H groups in total. The molecule has 0 unspecified atom stereocenters. The van der Waals surface area contributed by atoms with E-state index in [-0.39, 0.29) is 5.69 Å². The van der Waals surface area contributed by atoms with Crippen molar-refractivity contribution in [2.45, 2.75) is 20.0 Å². The first kappa shape index (κ1) is 13.8. The van der Waals surface area contributed by atoms with Crippen molar-refractivity contribution in [3.05, 3.63) is 49.8 Å². The number of non-ortho nitro benzene ring substituents is 1. The van der Waals surface area contributed by atoms with Crippen molar-refractivity contribution >= 4 is 17.9 Å². The predicted molar refractivity (Wildman–Crippen MR) is 79.6 cm³/mol. The number of aromatic amines is 1. The molecular weight excluding hydrogens is 290 g/mol. The Balaban J connectivity index is 2.17. The molecule has 7 heteroatoms. The smallest absolute Gasteiger partial charge is 0.270 e. The number of aryl methyl sites for hydroxylation is 1. The van der Waals surface area contributed by atoms with Crippen molar-refractivity contribution < 1.29 is 9.66 Å². The lowest BCUT2D eigenvalue weighted by Gasteiger charge is -2.17. The maximum atomic E-state index is 10.9. The standard InChI is InChI=1S/C14H13N3O3S/c1-8-2-3-9(17(18)19)6-10(8)13-15-12-4-5-20-7-11(12)14(21)16-13/h2-3,6H,4-5,7H2,1H3,(H,15,16,21). The van der Waals surface area contributed by atoms with Crippen LogP contribution in [0.1, 0.15) is 16.8 Å². The summed E-state index contributed by atoms with van der Waals surface area (Å²) < 4.78 is 5.87. The highest BCUT2D eigenvalue weighted by Crippen LogP contribution is 2.27. The maximum absolute atomic E-state index is 10.9. The fraction of sp³-hybridized carbons (Fsp3) is 0.286. The van der Waals surface area contributed by atoms with Crippen molar-refractivity contribution in [1.29, 1.82) is 0 Å². The van der Waals surface area contributed by atoms with Crippen LogP contribution in [-0.2, 0) is 17.8 Å². The van der Waals surface area contributed by atoms with E-state index in [0.29, 0.717) is 29.2 Å². The van der Waals surface area contributed by atoms with Gasteiger partial charge in [-0.05, 0) is 12.5 Å². The zero-order valence-electron chi connectivity index (χ0n) is 11.4. The topological polar surface area (TPSA) is 81.0 Å². The number of hydrogen-bond donors (Lipinski definition) is 1. The number of fused-ring (bicyclic) bond motifs is 1. The van der Waals surface area contributed by atoms with Gasteiger partial charge in [0.05, 0.1) is 18.1 Å². The van der Waals surface area contributed by atoms with Crippen LogP contribution in [0.15, 0.2) is 18.2 Å². The Morgan fingerprint density at radius 1 is 1.48 bits per heavy atom. The molecule has 0 bridgehead atoms. The third-order valence-corrected chi connectivity index (χ3v) is 3.87. The average molecular weight is 303 g/mol. The van der Waals surface area contributed by atoms with Gasteiger partial charge in [0.15, 0.2) is 0 Å². The number of benzene rings is 1. The molecule has 0 aliphatic carbocycles. The predicted octanol–water partition coefficient (Wildman–Crippen LogP) is 3.10. The zero-order valence-corrected chi connectivity index (χ0v) is 12.2. The second kappa shape index (κ2) is 5.34. The van der Waals surface area contributed by atoms with Crippen molar-refractivity contribution in [3.8, 4) is 11.4 Å². The minimum atomic E-state index is -0.413. The fourth-order valence-corrected chi connectivity index (χ4v) is 2.63. The molecule has 0 spiro atoms. The largest absolute Gasteiger partial charge is 0.376 e. The van der Waals surface area contributed by atoms with E-state index < -0.39 is 4.92 Å². The second-order valence-corrected chi connectivity index (χ2v) is 5.29. The molecule has 3 rings (SSSR count). The lowest BCUT2D eigenvalue weighted by Crippen LogP contribution is -2.14. The van der Waals surface area contributed by atoms with E-state index >= 15 is 0 Å². The van der Waals surface area contributed by atoms with Crippen molar-refractivity contribution in [2.75, 3.05) is 6.61 Å². The molecule has 2 aromatic rings. The van der Waals surface area contributed by atoms with Crippen LogP contribution >= 0.6 is 12.2 Å². The minimum Gasteiger partial charge on any atom is -0.376 e. The van der Waals surface area contributed by atoms with Gasteiger partial charge in [0.2, 0.25) is 0 Å². The minimum absolute atomic E-state index is 0.0396. The van der Waals surface area contributed by atoms with E-state index in [1.807, 2.05) is 6.92 Å². The summed E-state index contributed by atoms with van der Waals surface area (Å²) in [6.45, 7) is 2.99. The molecule has 0 fully saturated rings. The van der Waals surface area contributed by atoms with Crippen LogP contribution in [0.4, 0.5) is 5.69 Å². The van der Waals surface area contributed by atoms with Gasteiger partial charge in [-0.25, -0.2) is 4.98 Å². The molecule has 0 saturated carbocycles. The van der Waals surface area contributed by atoms with E-state index in [9.17, 15) is 10.1 Å². The van der Waals surface area contributed by atoms with Gasteiger partial charge >= 0.3 is 0 Å². The molecule has 0 radical (unpaired) electrons. The Kier molecular flexibility index (Phi) is 3.52.